The summed E-state index contributed by atoms with van der Waals surface area (Å²) in [6.45, 7) is 0. The molecule has 0 aliphatic rings. The Kier molecular flexibility index (Phi) is 6.93. The smallest absolute Gasteiger partial charge is 0.0549 e. The van der Waals surface area contributed by atoms with Crippen LogP contribution in [0.4, 0.5) is 0 Å². The van der Waals surface area contributed by atoms with Gasteiger partial charge in [0.15, 0.2) is 0 Å². The fourth-order valence-corrected chi connectivity index (χ4v) is 9.40. The van der Waals surface area contributed by atoms with Gasteiger partial charge in [0.25, 0.3) is 0 Å². The second-order valence-electron chi connectivity index (χ2n) is 14.9. The summed E-state index contributed by atoms with van der Waals surface area (Å²) in [7, 11) is 0. The van der Waals surface area contributed by atoms with E-state index in [1.807, 2.05) is 0 Å². The molecule has 0 aliphatic carbocycles. The maximum Gasteiger partial charge on any atom is 0.0549 e. The summed E-state index contributed by atoms with van der Waals surface area (Å²) >= 11 is 0. The largest absolute Gasteiger partial charge is 0.309 e. The first-order valence-corrected chi connectivity index (χ1v) is 19.6. The van der Waals surface area contributed by atoms with Crippen molar-refractivity contribution < 1.29 is 0 Å². The van der Waals surface area contributed by atoms with E-state index in [9.17, 15) is 0 Å². The molecule has 3 aromatic heterocycles. The van der Waals surface area contributed by atoms with Crippen LogP contribution < -0.4 is 0 Å². The van der Waals surface area contributed by atoms with Gasteiger partial charge in [-0.1, -0.05) is 146 Å². The van der Waals surface area contributed by atoms with Crippen LogP contribution in [0.1, 0.15) is 0 Å². The van der Waals surface area contributed by atoms with Gasteiger partial charge in [0.2, 0.25) is 0 Å². The minimum Gasteiger partial charge on any atom is -0.309 e. The van der Waals surface area contributed by atoms with E-state index >= 15 is 0 Å². The predicted molar refractivity (Wildman–Crippen MR) is 240 cm³/mol. The Labute approximate surface area is 329 Å². The van der Waals surface area contributed by atoms with Gasteiger partial charge in [-0.05, 0) is 83.4 Å². The Hall–Kier alpha value is -7.62. The molecule has 3 nitrogen and oxygen atoms in total. The molecule has 0 radical (unpaired) electrons. The molecule has 9 aromatic carbocycles. The number of rotatable bonds is 5. The summed E-state index contributed by atoms with van der Waals surface area (Å²) in [5.74, 6) is 0. The highest BCUT2D eigenvalue weighted by Crippen LogP contribution is 2.44. The summed E-state index contributed by atoms with van der Waals surface area (Å²) in [6, 6.07) is 77.3. The number of hydrogen-bond donors (Lipinski definition) is 0. The lowest BCUT2D eigenvalue weighted by molar-refractivity contribution is 1.17. The summed E-state index contributed by atoms with van der Waals surface area (Å²) in [4.78, 5) is 0. The normalized spacial score (nSPS) is 11.9. The van der Waals surface area contributed by atoms with Gasteiger partial charge < -0.3 is 13.7 Å². The molecule has 57 heavy (non-hydrogen) atoms. The van der Waals surface area contributed by atoms with Gasteiger partial charge in [-0.25, -0.2) is 0 Å². The molecule has 0 unspecified atom stereocenters. The molecular formula is C54H35N3. The van der Waals surface area contributed by atoms with Gasteiger partial charge in [-0.15, -0.1) is 0 Å². The van der Waals surface area contributed by atoms with E-state index in [2.05, 4.69) is 226 Å². The van der Waals surface area contributed by atoms with Crippen molar-refractivity contribution in [3.63, 3.8) is 0 Å². The van der Waals surface area contributed by atoms with E-state index in [0.717, 1.165) is 17.1 Å². The molecule has 0 spiro atoms. The van der Waals surface area contributed by atoms with Gasteiger partial charge in [0, 0.05) is 49.3 Å². The summed E-state index contributed by atoms with van der Waals surface area (Å²) in [5.41, 5.74) is 15.5. The first-order valence-electron chi connectivity index (χ1n) is 19.6. The second kappa shape index (κ2) is 12.5. The predicted octanol–water partition coefficient (Wildman–Crippen LogP) is 14.3. The Bertz CT molecular complexity index is 3490. The highest BCUT2D eigenvalue weighted by molar-refractivity contribution is 6.29. The molecule has 12 aromatic rings. The van der Waals surface area contributed by atoms with Crippen molar-refractivity contribution in [1.29, 1.82) is 0 Å². The van der Waals surface area contributed by atoms with E-state index in [1.54, 1.807) is 0 Å². The van der Waals surface area contributed by atoms with E-state index in [4.69, 9.17) is 0 Å². The third-order valence-corrected chi connectivity index (χ3v) is 11.8. The fraction of sp³-hybridized carbons (Fsp3) is 0. The highest BCUT2D eigenvalue weighted by Gasteiger charge is 2.22. The lowest BCUT2D eigenvalue weighted by atomic mass is 10.0. The molecule has 0 aliphatic heterocycles. The number of fused-ring (bicyclic) bond motifs is 10. The Morgan fingerprint density at radius 3 is 1.40 bits per heavy atom. The van der Waals surface area contributed by atoms with Gasteiger partial charge in [-0.2, -0.15) is 0 Å². The average Bonchev–Trinajstić information content (AvgIpc) is 3.92. The molecule has 0 saturated carbocycles. The third kappa shape index (κ3) is 4.73. The quantitative estimate of drug-likeness (QED) is 0.168. The number of nitrogens with zero attached hydrogens (tertiary/aromatic N) is 3. The lowest BCUT2D eigenvalue weighted by Crippen LogP contribution is -1.98. The molecule has 0 fully saturated rings. The molecule has 3 heterocycles. The standard InChI is InChI=1S/C54H35N3/c1-3-15-36(16-4-1)37-27-30-40(31-28-37)56-47-24-12-8-20-42(47)43-32-29-38(35-52(43)56)41-19-7-11-23-46(41)57-49-26-14-10-22-45(49)54-51(57)34-33-50-53(54)44-21-9-13-25-48(44)55(50)39-17-5-2-6-18-39/h1-35H. The Morgan fingerprint density at radius 2 is 0.702 bits per heavy atom. The zero-order valence-corrected chi connectivity index (χ0v) is 31.0. The van der Waals surface area contributed by atoms with Crippen LogP contribution in [-0.2, 0) is 0 Å². The molecule has 0 amide bonds. The van der Waals surface area contributed by atoms with Crippen LogP contribution >= 0.6 is 0 Å². The van der Waals surface area contributed by atoms with Crippen molar-refractivity contribution in [2.24, 2.45) is 0 Å². The Balaban J connectivity index is 1.09. The lowest BCUT2D eigenvalue weighted by Gasteiger charge is -2.15. The maximum absolute atomic E-state index is 2.48. The number of para-hydroxylation sites is 5. The van der Waals surface area contributed by atoms with Crippen molar-refractivity contribution in [3.05, 3.63) is 212 Å². The third-order valence-electron chi connectivity index (χ3n) is 11.8. The van der Waals surface area contributed by atoms with Gasteiger partial charge in [-0.3, -0.25) is 0 Å². The summed E-state index contributed by atoms with van der Waals surface area (Å²) in [5, 5.41) is 7.56. The summed E-state index contributed by atoms with van der Waals surface area (Å²) < 4.78 is 7.31. The molecule has 0 saturated heterocycles. The maximum atomic E-state index is 2.48. The average molecular weight is 726 g/mol. The molecule has 266 valence electrons. The highest BCUT2D eigenvalue weighted by atomic mass is 15.0. The van der Waals surface area contributed by atoms with Crippen LogP contribution in [0.3, 0.4) is 0 Å². The monoisotopic (exact) mass is 725 g/mol. The zero-order chi connectivity index (χ0) is 37.5. The molecule has 12 rings (SSSR count). The van der Waals surface area contributed by atoms with Gasteiger partial charge in [0.05, 0.1) is 38.8 Å². The van der Waals surface area contributed by atoms with Crippen LogP contribution in [0.2, 0.25) is 0 Å². The Morgan fingerprint density at radius 1 is 0.246 bits per heavy atom. The van der Waals surface area contributed by atoms with E-state index in [0.29, 0.717) is 0 Å². The topological polar surface area (TPSA) is 14.8 Å². The minimum atomic E-state index is 1.15. The van der Waals surface area contributed by atoms with E-state index in [-0.39, 0.29) is 0 Å². The second-order valence-corrected chi connectivity index (χ2v) is 14.9. The van der Waals surface area contributed by atoms with E-state index < -0.39 is 0 Å². The van der Waals surface area contributed by atoms with Crippen LogP contribution in [0.5, 0.6) is 0 Å². The first-order chi connectivity index (χ1) is 28.3. The minimum absolute atomic E-state index is 1.15. The van der Waals surface area contributed by atoms with E-state index in [1.165, 1.54) is 87.7 Å². The van der Waals surface area contributed by atoms with Crippen LogP contribution in [-0.4, -0.2) is 13.7 Å². The van der Waals surface area contributed by atoms with Gasteiger partial charge in [0.1, 0.15) is 0 Å². The zero-order valence-electron chi connectivity index (χ0n) is 31.0. The summed E-state index contributed by atoms with van der Waals surface area (Å²) in [6.07, 6.45) is 0. The van der Waals surface area contributed by atoms with Crippen LogP contribution in [0.15, 0.2) is 212 Å². The molecular weight excluding hydrogens is 691 g/mol. The molecule has 0 N–H and O–H groups in total. The number of aromatic nitrogens is 3. The molecule has 3 heteroatoms. The van der Waals surface area contributed by atoms with Gasteiger partial charge >= 0.3 is 0 Å². The van der Waals surface area contributed by atoms with Crippen LogP contribution in [0, 0.1) is 0 Å². The van der Waals surface area contributed by atoms with Crippen molar-refractivity contribution in [1.82, 2.24) is 13.7 Å². The van der Waals surface area contributed by atoms with Crippen molar-refractivity contribution in [2.75, 3.05) is 0 Å². The molecule has 0 bridgehead atoms. The van der Waals surface area contributed by atoms with Crippen molar-refractivity contribution in [2.45, 2.75) is 0 Å². The van der Waals surface area contributed by atoms with Crippen molar-refractivity contribution in [3.8, 4) is 39.3 Å². The fourth-order valence-electron chi connectivity index (χ4n) is 9.40. The SMILES string of the molecule is c1ccc(-c2ccc(-n3c4ccccc4c4ccc(-c5ccccc5-n5c6ccccc6c6c7c8ccccc8n(-c8ccccc8)c7ccc65)cc43)cc2)cc1. The molecule has 0 atom stereocenters. The number of hydrogen-bond acceptors (Lipinski definition) is 0. The van der Waals surface area contributed by atoms with Crippen molar-refractivity contribution >= 4 is 65.4 Å². The van der Waals surface area contributed by atoms with Crippen LogP contribution in [0.25, 0.3) is 105 Å². The number of benzene rings is 9. The first kappa shape index (κ1) is 31.7.